The number of hydrogen-bond acceptors (Lipinski definition) is 4. The van der Waals surface area contributed by atoms with E-state index < -0.39 is 0 Å². The normalized spacial score (nSPS) is 12.1. The molecule has 0 amide bonds. The summed E-state index contributed by atoms with van der Waals surface area (Å²) >= 11 is 1.72. The van der Waals surface area contributed by atoms with E-state index in [2.05, 4.69) is 138 Å². The minimum Gasteiger partial charge on any atom is -0.456 e. The maximum Gasteiger partial charge on any atom is 0.163 e. The fourth-order valence-corrected chi connectivity index (χ4v) is 8.70. The first kappa shape index (κ1) is 26.7. The molecule has 0 bridgehead atoms. The summed E-state index contributed by atoms with van der Waals surface area (Å²) < 4.78 is 9.84. The highest BCUT2D eigenvalue weighted by Crippen LogP contribution is 2.43. The molecule has 0 N–H and O–H groups in total. The van der Waals surface area contributed by atoms with Crippen LogP contribution in [0.15, 0.2) is 156 Å². The zero-order valence-electron chi connectivity index (χ0n) is 26.1. The summed E-state index contributed by atoms with van der Waals surface area (Å²) in [6, 6.07) is 53.6. The van der Waals surface area contributed by atoms with Gasteiger partial charge < -0.3 is 4.42 Å². The second-order valence-corrected chi connectivity index (χ2v) is 13.6. The largest absolute Gasteiger partial charge is 0.456 e. The first-order chi connectivity index (χ1) is 24.3. The lowest BCUT2D eigenvalue weighted by Crippen LogP contribution is -2.01. The Kier molecular flexibility index (Phi) is 5.51. The third kappa shape index (κ3) is 3.91. The smallest absolute Gasteiger partial charge is 0.163 e. The van der Waals surface area contributed by atoms with Gasteiger partial charge in [0.25, 0.3) is 0 Å². The molecule has 0 aliphatic carbocycles. The molecule has 5 heteroatoms. The van der Waals surface area contributed by atoms with E-state index in [0.717, 1.165) is 60.0 Å². The summed E-state index contributed by atoms with van der Waals surface area (Å²) in [6.07, 6.45) is 0. The molecule has 49 heavy (non-hydrogen) atoms. The van der Waals surface area contributed by atoms with Crippen LogP contribution in [0, 0.1) is 0 Å². The van der Waals surface area contributed by atoms with Crippen LogP contribution in [0.1, 0.15) is 0 Å². The predicted molar refractivity (Wildman–Crippen MR) is 205 cm³/mol. The van der Waals surface area contributed by atoms with E-state index in [1.807, 2.05) is 18.2 Å². The van der Waals surface area contributed by atoms with Gasteiger partial charge >= 0.3 is 0 Å². The summed E-state index contributed by atoms with van der Waals surface area (Å²) in [6.45, 7) is 0. The molecule has 0 saturated carbocycles. The number of thiophene rings is 1. The van der Waals surface area contributed by atoms with E-state index in [4.69, 9.17) is 14.4 Å². The van der Waals surface area contributed by atoms with Crippen molar-refractivity contribution in [3.63, 3.8) is 0 Å². The van der Waals surface area contributed by atoms with Crippen LogP contribution in [0.3, 0.4) is 0 Å². The molecule has 4 aromatic heterocycles. The van der Waals surface area contributed by atoms with E-state index in [1.165, 1.54) is 37.4 Å². The number of fused-ring (bicyclic) bond motifs is 11. The van der Waals surface area contributed by atoms with Crippen molar-refractivity contribution in [2.24, 2.45) is 0 Å². The molecule has 4 heterocycles. The SMILES string of the molecule is c1ccc(-c2ccc3c(c2)sc2nc(-c4ccc5c(c4)oc4ccccc45)nc(-n4c5ccccc5c5c6ccccc6ccc54)c23)cc1. The molecule has 228 valence electrons. The second-order valence-electron chi connectivity index (χ2n) is 12.6. The van der Waals surface area contributed by atoms with Gasteiger partial charge in [0.15, 0.2) is 11.6 Å². The molecule has 0 saturated heterocycles. The zero-order valence-corrected chi connectivity index (χ0v) is 26.9. The standard InChI is InChI=1S/C44H25N3OS/c1-2-10-26(11-3-1)28-18-22-34-39(25-28)49-44-41(34)43(45-42(46-44)29-19-21-32-31-14-7-9-17-37(31)48-38(32)24-29)47-35-16-8-6-15-33(35)40-30-13-5-4-12-27(30)20-23-36(40)47/h1-25H. The van der Waals surface area contributed by atoms with Crippen LogP contribution in [-0.4, -0.2) is 14.5 Å². The van der Waals surface area contributed by atoms with Gasteiger partial charge in [-0.2, -0.15) is 0 Å². The molecule has 11 rings (SSSR count). The van der Waals surface area contributed by atoms with E-state index >= 15 is 0 Å². The Bertz CT molecular complexity index is 3110. The molecule has 0 unspecified atom stereocenters. The Morgan fingerprint density at radius 3 is 2.12 bits per heavy atom. The van der Waals surface area contributed by atoms with Gasteiger partial charge in [-0.05, 0) is 58.3 Å². The number of hydrogen-bond donors (Lipinski definition) is 0. The van der Waals surface area contributed by atoms with Crippen LogP contribution in [0.25, 0.3) is 103 Å². The molecule has 0 radical (unpaired) electrons. The molecule has 0 aliphatic heterocycles. The van der Waals surface area contributed by atoms with Crippen LogP contribution in [0.5, 0.6) is 0 Å². The van der Waals surface area contributed by atoms with Gasteiger partial charge in [0.2, 0.25) is 0 Å². The molecule has 11 aromatic rings. The Hall–Kier alpha value is -6.30. The first-order valence-corrected chi connectivity index (χ1v) is 17.2. The zero-order chi connectivity index (χ0) is 32.1. The summed E-state index contributed by atoms with van der Waals surface area (Å²) in [5, 5.41) is 9.31. The van der Waals surface area contributed by atoms with Gasteiger partial charge in [0.05, 0.1) is 16.4 Å². The van der Waals surface area contributed by atoms with Gasteiger partial charge in [-0.15, -0.1) is 11.3 Å². The Morgan fingerprint density at radius 1 is 0.469 bits per heavy atom. The maximum atomic E-state index is 6.31. The molecule has 0 atom stereocenters. The van der Waals surface area contributed by atoms with Crippen LogP contribution in [-0.2, 0) is 0 Å². The van der Waals surface area contributed by atoms with Crippen molar-refractivity contribution in [2.45, 2.75) is 0 Å². The van der Waals surface area contributed by atoms with Crippen LogP contribution < -0.4 is 0 Å². The first-order valence-electron chi connectivity index (χ1n) is 16.4. The summed E-state index contributed by atoms with van der Waals surface area (Å²) in [7, 11) is 0. The van der Waals surface area contributed by atoms with Crippen molar-refractivity contribution in [3.8, 4) is 28.3 Å². The number of furan rings is 1. The number of benzene rings is 7. The van der Waals surface area contributed by atoms with Crippen molar-refractivity contribution < 1.29 is 4.42 Å². The average Bonchev–Trinajstić information content (AvgIpc) is 3.83. The Morgan fingerprint density at radius 2 is 1.20 bits per heavy atom. The number of rotatable bonds is 3. The van der Waals surface area contributed by atoms with E-state index in [-0.39, 0.29) is 0 Å². The van der Waals surface area contributed by atoms with Crippen molar-refractivity contribution in [2.75, 3.05) is 0 Å². The highest BCUT2D eigenvalue weighted by atomic mass is 32.1. The van der Waals surface area contributed by atoms with Gasteiger partial charge in [0, 0.05) is 37.2 Å². The van der Waals surface area contributed by atoms with Gasteiger partial charge in [-0.3, -0.25) is 4.57 Å². The van der Waals surface area contributed by atoms with E-state index in [0.29, 0.717) is 5.82 Å². The average molecular weight is 644 g/mol. The summed E-state index contributed by atoms with van der Waals surface area (Å²) in [4.78, 5) is 11.7. The third-order valence-electron chi connectivity index (χ3n) is 9.83. The summed E-state index contributed by atoms with van der Waals surface area (Å²) in [5.41, 5.74) is 7.25. The second kappa shape index (κ2) is 10.1. The molecular weight excluding hydrogens is 619 g/mol. The molecular formula is C44H25N3OS. The van der Waals surface area contributed by atoms with E-state index in [9.17, 15) is 0 Å². The number of para-hydroxylation sites is 2. The minimum atomic E-state index is 0.673. The van der Waals surface area contributed by atoms with Gasteiger partial charge in [-0.25, -0.2) is 9.97 Å². The molecule has 0 fully saturated rings. The van der Waals surface area contributed by atoms with E-state index in [1.54, 1.807) is 11.3 Å². The van der Waals surface area contributed by atoms with Crippen LogP contribution in [0.2, 0.25) is 0 Å². The molecule has 7 aromatic carbocycles. The minimum absolute atomic E-state index is 0.673. The molecule has 4 nitrogen and oxygen atoms in total. The topological polar surface area (TPSA) is 43.9 Å². The number of nitrogens with zero attached hydrogens (tertiary/aromatic N) is 3. The fraction of sp³-hybridized carbons (Fsp3) is 0. The lowest BCUT2D eigenvalue weighted by molar-refractivity contribution is 0.669. The van der Waals surface area contributed by atoms with Crippen molar-refractivity contribution in [1.82, 2.24) is 14.5 Å². The Labute approximate surface area is 284 Å². The van der Waals surface area contributed by atoms with Crippen molar-refractivity contribution in [1.29, 1.82) is 0 Å². The quantitative estimate of drug-likeness (QED) is 0.192. The molecule has 0 spiro atoms. The highest BCUT2D eigenvalue weighted by Gasteiger charge is 2.22. The lowest BCUT2D eigenvalue weighted by atomic mass is 10.0. The van der Waals surface area contributed by atoms with Gasteiger partial charge in [0.1, 0.15) is 16.0 Å². The van der Waals surface area contributed by atoms with Crippen LogP contribution in [0.4, 0.5) is 0 Å². The predicted octanol–water partition coefficient (Wildman–Crippen LogP) is 12.3. The van der Waals surface area contributed by atoms with Gasteiger partial charge in [-0.1, -0.05) is 115 Å². The summed E-state index contributed by atoms with van der Waals surface area (Å²) in [5.74, 6) is 1.55. The maximum absolute atomic E-state index is 6.31. The number of aromatic nitrogens is 3. The lowest BCUT2D eigenvalue weighted by Gasteiger charge is -2.12. The Balaban J connectivity index is 1.25. The molecule has 0 aliphatic rings. The monoisotopic (exact) mass is 643 g/mol. The highest BCUT2D eigenvalue weighted by molar-refractivity contribution is 7.25. The van der Waals surface area contributed by atoms with Crippen molar-refractivity contribution in [3.05, 3.63) is 152 Å². The third-order valence-corrected chi connectivity index (χ3v) is 10.9. The van der Waals surface area contributed by atoms with Crippen molar-refractivity contribution >= 4 is 86.2 Å². The van der Waals surface area contributed by atoms with Crippen LogP contribution >= 0.6 is 11.3 Å². The fourth-order valence-electron chi connectivity index (χ4n) is 7.59.